The molecule has 22 heavy (non-hydrogen) atoms. The van der Waals surface area contributed by atoms with E-state index in [4.69, 9.17) is 10.00 Å². The summed E-state index contributed by atoms with van der Waals surface area (Å²) in [5, 5.41) is 9.07. The molecule has 2 aromatic carbocycles. The van der Waals surface area contributed by atoms with Crippen molar-refractivity contribution in [3.8, 4) is 11.8 Å². The highest BCUT2D eigenvalue weighted by Gasteiger charge is 2.21. The Balaban J connectivity index is 2.53. The van der Waals surface area contributed by atoms with Crippen LogP contribution in [0.3, 0.4) is 0 Å². The van der Waals surface area contributed by atoms with Gasteiger partial charge in [0.15, 0.2) is 0 Å². The summed E-state index contributed by atoms with van der Waals surface area (Å²) in [5.41, 5.74) is 2.18. The Morgan fingerprint density at radius 1 is 1.18 bits per heavy atom. The van der Waals surface area contributed by atoms with Crippen LogP contribution < -0.4 is 9.46 Å². The number of nitrogens with one attached hydrogen (secondary N) is 1. The van der Waals surface area contributed by atoms with Crippen LogP contribution in [0.2, 0.25) is 0 Å². The van der Waals surface area contributed by atoms with E-state index in [2.05, 4.69) is 4.72 Å². The molecule has 0 fully saturated rings. The number of aryl methyl sites for hydroxylation is 2. The molecule has 2 rings (SSSR count). The van der Waals surface area contributed by atoms with E-state index in [1.807, 2.05) is 19.1 Å². The first-order valence-corrected chi connectivity index (χ1v) is 8.04. The molecule has 6 heteroatoms. The monoisotopic (exact) mass is 316 g/mol. The Hall–Kier alpha value is -2.52. The lowest BCUT2D eigenvalue weighted by Crippen LogP contribution is -2.16. The third-order valence-electron chi connectivity index (χ3n) is 3.20. The van der Waals surface area contributed by atoms with Gasteiger partial charge in [-0.3, -0.25) is 4.72 Å². The second-order valence-corrected chi connectivity index (χ2v) is 6.52. The molecule has 0 heterocycles. The Morgan fingerprint density at radius 3 is 2.50 bits per heavy atom. The van der Waals surface area contributed by atoms with E-state index in [9.17, 15) is 8.42 Å². The van der Waals surface area contributed by atoms with Gasteiger partial charge in [0.1, 0.15) is 16.7 Å². The molecular formula is C16H16N2O3S. The van der Waals surface area contributed by atoms with E-state index in [0.29, 0.717) is 11.4 Å². The van der Waals surface area contributed by atoms with Gasteiger partial charge in [0.25, 0.3) is 10.0 Å². The highest BCUT2D eigenvalue weighted by Crippen LogP contribution is 2.32. The van der Waals surface area contributed by atoms with Gasteiger partial charge in [-0.15, -0.1) is 0 Å². The predicted octanol–water partition coefficient (Wildman–Crippen LogP) is 2.98. The Labute approximate surface area is 130 Å². The number of hydrogen-bond acceptors (Lipinski definition) is 4. The first-order valence-electron chi connectivity index (χ1n) is 6.56. The molecule has 0 aliphatic heterocycles. The van der Waals surface area contributed by atoms with Gasteiger partial charge in [-0.25, -0.2) is 8.42 Å². The quantitative estimate of drug-likeness (QED) is 0.940. The molecule has 0 aromatic heterocycles. The molecular weight excluding hydrogens is 300 g/mol. The van der Waals surface area contributed by atoms with Crippen LogP contribution >= 0.6 is 0 Å². The number of sulfonamides is 1. The highest BCUT2D eigenvalue weighted by molar-refractivity contribution is 7.92. The van der Waals surface area contributed by atoms with E-state index in [-0.39, 0.29) is 10.5 Å². The van der Waals surface area contributed by atoms with Crippen molar-refractivity contribution in [3.63, 3.8) is 0 Å². The molecule has 0 spiro atoms. The van der Waals surface area contributed by atoms with Crippen LogP contribution in [0.4, 0.5) is 5.69 Å². The Bertz CT molecular complexity index is 852. The molecule has 0 saturated carbocycles. The molecule has 0 atom stereocenters. The van der Waals surface area contributed by atoms with Gasteiger partial charge in [-0.2, -0.15) is 5.26 Å². The molecule has 0 saturated heterocycles. The second kappa shape index (κ2) is 6.08. The minimum Gasteiger partial charge on any atom is -0.495 e. The minimum absolute atomic E-state index is 0.0560. The van der Waals surface area contributed by atoms with Crippen LogP contribution in [-0.2, 0) is 10.0 Å². The molecule has 0 aliphatic rings. The van der Waals surface area contributed by atoms with Gasteiger partial charge in [-0.05, 0) is 43.2 Å². The van der Waals surface area contributed by atoms with Gasteiger partial charge >= 0.3 is 0 Å². The maximum atomic E-state index is 12.6. The van der Waals surface area contributed by atoms with E-state index in [0.717, 1.165) is 11.1 Å². The Morgan fingerprint density at radius 2 is 1.86 bits per heavy atom. The van der Waals surface area contributed by atoms with Gasteiger partial charge in [0, 0.05) is 0 Å². The number of benzene rings is 2. The number of nitrogens with zero attached hydrogens (tertiary/aromatic N) is 1. The lowest BCUT2D eigenvalue weighted by molar-refractivity contribution is 0.416. The largest absolute Gasteiger partial charge is 0.495 e. The van der Waals surface area contributed by atoms with Gasteiger partial charge in [0.2, 0.25) is 0 Å². The molecule has 0 aliphatic carbocycles. The van der Waals surface area contributed by atoms with Crippen molar-refractivity contribution in [1.82, 2.24) is 0 Å². The van der Waals surface area contributed by atoms with Crippen molar-refractivity contribution < 1.29 is 13.2 Å². The Kier molecular flexibility index (Phi) is 4.38. The molecule has 0 unspecified atom stereocenters. The summed E-state index contributed by atoms with van der Waals surface area (Å²) in [6.07, 6.45) is 0. The van der Waals surface area contributed by atoms with Crippen LogP contribution in [0.15, 0.2) is 41.3 Å². The average molecular weight is 316 g/mol. The maximum Gasteiger partial charge on any atom is 0.263 e. The third-order valence-corrected chi connectivity index (χ3v) is 4.60. The number of hydrogen-bond donors (Lipinski definition) is 1. The van der Waals surface area contributed by atoms with Gasteiger partial charge < -0.3 is 4.74 Å². The van der Waals surface area contributed by atoms with Crippen LogP contribution in [0, 0.1) is 25.2 Å². The van der Waals surface area contributed by atoms with Gasteiger partial charge in [-0.1, -0.05) is 18.2 Å². The molecule has 0 amide bonds. The van der Waals surface area contributed by atoms with E-state index in [1.54, 1.807) is 25.1 Å². The van der Waals surface area contributed by atoms with Crippen LogP contribution in [0.5, 0.6) is 5.75 Å². The molecule has 0 radical (unpaired) electrons. The molecule has 5 nitrogen and oxygen atoms in total. The summed E-state index contributed by atoms with van der Waals surface area (Å²) < 4.78 is 32.9. The summed E-state index contributed by atoms with van der Waals surface area (Å²) >= 11 is 0. The van der Waals surface area contributed by atoms with E-state index in [1.165, 1.54) is 19.2 Å². The zero-order valence-electron chi connectivity index (χ0n) is 12.5. The SMILES string of the molecule is COc1cc(C)cc(C)c1NS(=O)(=O)c1ccccc1C#N. The number of methoxy groups -OCH3 is 1. The molecule has 114 valence electrons. The first kappa shape index (κ1) is 15.9. The first-order chi connectivity index (χ1) is 10.4. The highest BCUT2D eigenvalue weighted by atomic mass is 32.2. The number of ether oxygens (including phenoxy) is 1. The van der Waals surface area contributed by atoms with Crippen LogP contribution in [-0.4, -0.2) is 15.5 Å². The standard InChI is InChI=1S/C16H16N2O3S/c1-11-8-12(2)16(14(9-11)21-3)18-22(19,20)15-7-5-4-6-13(15)10-17/h4-9,18H,1-3H3. The number of rotatable bonds is 4. The van der Waals surface area contributed by atoms with Crippen molar-refractivity contribution >= 4 is 15.7 Å². The summed E-state index contributed by atoms with van der Waals surface area (Å²) in [4.78, 5) is -0.0560. The van der Waals surface area contributed by atoms with E-state index < -0.39 is 10.0 Å². The molecule has 1 N–H and O–H groups in total. The lowest BCUT2D eigenvalue weighted by atomic mass is 10.1. The van der Waals surface area contributed by atoms with Crippen molar-refractivity contribution in [3.05, 3.63) is 53.1 Å². The van der Waals surface area contributed by atoms with Gasteiger partial charge in [0.05, 0.1) is 18.4 Å². The minimum atomic E-state index is -3.88. The fourth-order valence-electron chi connectivity index (χ4n) is 2.20. The third kappa shape index (κ3) is 3.05. The zero-order chi connectivity index (χ0) is 16.3. The van der Waals surface area contributed by atoms with Crippen LogP contribution in [0.25, 0.3) is 0 Å². The number of anilines is 1. The van der Waals surface area contributed by atoms with Crippen LogP contribution in [0.1, 0.15) is 16.7 Å². The number of nitriles is 1. The smallest absolute Gasteiger partial charge is 0.263 e. The van der Waals surface area contributed by atoms with Crippen molar-refractivity contribution in [2.45, 2.75) is 18.7 Å². The fraction of sp³-hybridized carbons (Fsp3) is 0.188. The van der Waals surface area contributed by atoms with Crippen molar-refractivity contribution in [2.24, 2.45) is 0 Å². The van der Waals surface area contributed by atoms with E-state index >= 15 is 0 Å². The molecule has 2 aromatic rings. The maximum absolute atomic E-state index is 12.6. The normalized spacial score (nSPS) is 10.8. The lowest BCUT2D eigenvalue weighted by Gasteiger charge is -2.15. The fourth-order valence-corrected chi connectivity index (χ4v) is 3.50. The second-order valence-electron chi connectivity index (χ2n) is 4.87. The zero-order valence-corrected chi connectivity index (χ0v) is 13.4. The van der Waals surface area contributed by atoms with Crippen molar-refractivity contribution in [1.29, 1.82) is 5.26 Å². The summed E-state index contributed by atoms with van der Waals surface area (Å²) in [6, 6.07) is 11.6. The summed E-state index contributed by atoms with van der Waals surface area (Å²) in [5.74, 6) is 0.440. The predicted molar refractivity (Wildman–Crippen MR) is 84.4 cm³/mol. The summed E-state index contributed by atoms with van der Waals surface area (Å²) in [7, 11) is -2.40. The topological polar surface area (TPSA) is 79.2 Å². The summed E-state index contributed by atoms with van der Waals surface area (Å²) in [6.45, 7) is 3.70. The average Bonchev–Trinajstić information content (AvgIpc) is 2.49. The molecule has 0 bridgehead atoms. The van der Waals surface area contributed by atoms with Crippen molar-refractivity contribution in [2.75, 3.05) is 11.8 Å².